The molecule has 0 bridgehead atoms. The number of oxazole rings is 1. The normalized spacial score (nSPS) is 31.5. The summed E-state index contributed by atoms with van der Waals surface area (Å²) in [4.78, 5) is 18.5. The summed E-state index contributed by atoms with van der Waals surface area (Å²) in [5.74, 6) is 1.27. The Kier molecular flexibility index (Phi) is 3.41. The van der Waals surface area contributed by atoms with Crippen LogP contribution in [0, 0.1) is 5.92 Å². The topological polar surface area (TPSA) is 64.8 Å². The maximum Gasteiger partial charge on any atom is 0.291 e. The highest BCUT2D eigenvalue weighted by Gasteiger charge is 2.54. The molecule has 3 aliphatic rings. The van der Waals surface area contributed by atoms with E-state index >= 15 is 0 Å². The van der Waals surface area contributed by atoms with Crippen LogP contribution in [0.5, 0.6) is 5.75 Å². The van der Waals surface area contributed by atoms with Gasteiger partial charge in [-0.15, -0.1) is 0 Å². The van der Waals surface area contributed by atoms with Gasteiger partial charge >= 0.3 is 0 Å². The number of para-hydroxylation sites is 1. The van der Waals surface area contributed by atoms with E-state index in [1.54, 1.807) is 0 Å². The largest absolute Gasteiger partial charge is 0.487 e. The van der Waals surface area contributed by atoms with Crippen molar-refractivity contribution < 1.29 is 18.7 Å². The summed E-state index contributed by atoms with van der Waals surface area (Å²) in [6.07, 6.45) is 4.53. The molecule has 1 aromatic carbocycles. The van der Waals surface area contributed by atoms with Crippen LogP contribution in [0.1, 0.15) is 48.9 Å². The first-order valence-corrected chi connectivity index (χ1v) is 9.17. The quantitative estimate of drug-likeness (QED) is 0.787. The van der Waals surface area contributed by atoms with Crippen LogP contribution >= 0.6 is 0 Å². The predicted molar refractivity (Wildman–Crippen MR) is 92.8 cm³/mol. The number of rotatable bonds is 1. The Morgan fingerprint density at radius 3 is 2.96 bits per heavy atom. The van der Waals surface area contributed by atoms with Crippen LogP contribution in [0.2, 0.25) is 0 Å². The number of hydrogen-bond donors (Lipinski definition) is 0. The third kappa shape index (κ3) is 2.28. The van der Waals surface area contributed by atoms with Crippen molar-refractivity contribution in [3.63, 3.8) is 0 Å². The van der Waals surface area contributed by atoms with Crippen LogP contribution in [0.25, 0.3) is 0 Å². The Hall–Kier alpha value is -2.34. The highest BCUT2D eigenvalue weighted by molar-refractivity contribution is 5.91. The summed E-state index contributed by atoms with van der Waals surface area (Å²) in [6, 6.07) is 8.17. The highest BCUT2D eigenvalue weighted by atomic mass is 16.5. The van der Waals surface area contributed by atoms with E-state index in [4.69, 9.17) is 13.9 Å². The minimum atomic E-state index is -0.354. The van der Waals surface area contributed by atoms with Crippen molar-refractivity contribution in [3.05, 3.63) is 48.2 Å². The van der Waals surface area contributed by atoms with Gasteiger partial charge in [0, 0.05) is 18.0 Å². The zero-order valence-electron chi connectivity index (χ0n) is 14.9. The molecule has 4 heterocycles. The first kappa shape index (κ1) is 15.9. The van der Waals surface area contributed by atoms with Crippen molar-refractivity contribution in [3.8, 4) is 5.75 Å². The van der Waals surface area contributed by atoms with E-state index in [1.807, 2.05) is 23.1 Å². The molecule has 3 aliphatic heterocycles. The van der Waals surface area contributed by atoms with Gasteiger partial charge in [0.15, 0.2) is 6.39 Å². The number of ether oxygens (including phenoxy) is 2. The number of aromatic nitrogens is 1. The third-order valence-corrected chi connectivity index (χ3v) is 6.06. The molecule has 1 amide bonds. The zero-order chi connectivity index (χ0) is 17.9. The first-order valence-electron chi connectivity index (χ1n) is 9.17. The van der Waals surface area contributed by atoms with E-state index in [2.05, 4.69) is 24.9 Å². The van der Waals surface area contributed by atoms with Crippen LogP contribution < -0.4 is 4.74 Å². The van der Waals surface area contributed by atoms with E-state index in [-0.39, 0.29) is 41.4 Å². The Morgan fingerprint density at radius 2 is 2.15 bits per heavy atom. The SMILES string of the molecule is CC1(C)Oc2ccccc2[C@@H]2O[C@@H]3CCN(C(=O)c4cnco4)[C@@H]3C[C@H]21. The number of fused-ring (bicyclic) bond motifs is 4. The minimum Gasteiger partial charge on any atom is -0.487 e. The summed E-state index contributed by atoms with van der Waals surface area (Å²) < 4.78 is 18.1. The second-order valence-corrected chi connectivity index (χ2v) is 7.90. The third-order valence-electron chi connectivity index (χ3n) is 6.06. The standard InChI is InChI=1S/C20H22N2O4/c1-20(2)13-9-14-16(7-8-22(14)19(23)17-10-21-11-24-17)25-18(13)12-5-3-4-6-15(12)26-20/h3-6,10-11,13-14,16,18H,7-9H2,1-2H3/t13-,14-,16-,18+/m1/s1. The number of benzene rings is 1. The molecule has 5 rings (SSSR count). The fourth-order valence-electron chi connectivity index (χ4n) is 4.75. The maximum absolute atomic E-state index is 12.8. The molecular weight excluding hydrogens is 332 g/mol. The van der Waals surface area contributed by atoms with Crippen LogP contribution in [-0.4, -0.2) is 40.1 Å². The molecule has 6 heteroatoms. The number of carbonyl (C=O) groups excluding carboxylic acids is 1. The van der Waals surface area contributed by atoms with E-state index in [1.165, 1.54) is 12.6 Å². The lowest BCUT2D eigenvalue weighted by molar-refractivity contribution is -0.159. The molecule has 1 aromatic heterocycles. The fourth-order valence-corrected chi connectivity index (χ4v) is 4.75. The van der Waals surface area contributed by atoms with Crippen molar-refractivity contribution in [1.29, 1.82) is 0 Å². The Balaban J connectivity index is 1.46. The van der Waals surface area contributed by atoms with Gasteiger partial charge in [-0.1, -0.05) is 18.2 Å². The lowest BCUT2D eigenvalue weighted by Gasteiger charge is -2.50. The number of hydrogen-bond acceptors (Lipinski definition) is 5. The van der Waals surface area contributed by atoms with Gasteiger partial charge in [-0.2, -0.15) is 0 Å². The minimum absolute atomic E-state index is 0.0107. The summed E-state index contributed by atoms with van der Waals surface area (Å²) in [5, 5.41) is 0. The molecule has 0 N–H and O–H groups in total. The first-order chi connectivity index (χ1) is 12.5. The summed E-state index contributed by atoms with van der Waals surface area (Å²) in [5.41, 5.74) is 0.767. The molecule has 0 saturated carbocycles. The maximum atomic E-state index is 12.8. The summed E-state index contributed by atoms with van der Waals surface area (Å²) >= 11 is 0. The molecule has 26 heavy (non-hydrogen) atoms. The second kappa shape index (κ2) is 5.58. The fraction of sp³-hybridized carbons (Fsp3) is 0.500. The Morgan fingerprint density at radius 1 is 1.31 bits per heavy atom. The van der Waals surface area contributed by atoms with Gasteiger partial charge in [-0.25, -0.2) is 4.98 Å². The van der Waals surface area contributed by atoms with E-state index in [9.17, 15) is 4.79 Å². The molecule has 2 aromatic rings. The lowest BCUT2D eigenvalue weighted by atomic mass is 9.74. The number of carbonyl (C=O) groups is 1. The van der Waals surface area contributed by atoms with Crippen molar-refractivity contribution in [2.75, 3.05) is 6.54 Å². The molecule has 136 valence electrons. The molecule has 0 unspecified atom stereocenters. The monoisotopic (exact) mass is 354 g/mol. The smallest absolute Gasteiger partial charge is 0.291 e. The molecule has 2 saturated heterocycles. The zero-order valence-corrected chi connectivity index (χ0v) is 14.9. The summed E-state index contributed by atoms with van der Waals surface area (Å²) in [6.45, 7) is 4.90. The average Bonchev–Trinajstić information content (AvgIpc) is 3.29. The summed E-state index contributed by atoms with van der Waals surface area (Å²) in [7, 11) is 0. The van der Waals surface area contributed by atoms with E-state index in [0.717, 1.165) is 24.2 Å². The number of nitrogens with zero attached hydrogens (tertiary/aromatic N) is 2. The highest BCUT2D eigenvalue weighted by Crippen LogP contribution is 2.52. The van der Waals surface area contributed by atoms with Crippen molar-refractivity contribution in [2.24, 2.45) is 5.92 Å². The molecule has 0 spiro atoms. The van der Waals surface area contributed by atoms with Crippen LogP contribution in [-0.2, 0) is 4.74 Å². The lowest BCUT2D eigenvalue weighted by Crippen LogP contribution is -2.54. The van der Waals surface area contributed by atoms with Crippen LogP contribution in [0.3, 0.4) is 0 Å². The number of amides is 1. The van der Waals surface area contributed by atoms with E-state index < -0.39 is 0 Å². The van der Waals surface area contributed by atoms with Crippen molar-refractivity contribution >= 4 is 5.91 Å². The van der Waals surface area contributed by atoms with Crippen LogP contribution in [0.15, 0.2) is 41.3 Å². The Labute approximate surface area is 152 Å². The molecule has 4 atom stereocenters. The molecule has 0 aliphatic carbocycles. The second-order valence-electron chi connectivity index (χ2n) is 7.90. The molecular formula is C20H22N2O4. The average molecular weight is 354 g/mol. The van der Waals surface area contributed by atoms with Gasteiger partial charge in [-0.3, -0.25) is 4.79 Å². The van der Waals surface area contributed by atoms with Crippen molar-refractivity contribution in [1.82, 2.24) is 9.88 Å². The molecule has 6 nitrogen and oxygen atoms in total. The predicted octanol–water partition coefficient (Wildman–Crippen LogP) is 3.21. The van der Waals surface area contributed by atoms with Gasteiger partial charge in [0.25, 0.3) is 5.91 Å². The van der Waals surface area contributed by atoms with Gasteiger partial charge < -0.3 is 18.8 Å². The Bertz CT molecular complexity index is 832. The van der Waals surface area contributed by atoms with Gasteiger partial charge in [0.1, 0.15) is 11.4 Å². The number of likely N-dealkylation sites (tertiary alicyclic amines) is 1. The van der Waals surface area contributed by atoms with Crippen molar-refractivity contribution in [2.45, 2.75) is 50.5 Å². The molecule has 2 fully saturated rings. The van der Waals surface area contributed by atoms with E-state index in [0.29, 0.717) is 6.54 Å². The van der Waals surface area contributed by atoms with Crippen LogP contribution in [0.4, 0.5) is 0 Å². The molecule has 0 radical (unpaired) electrons. The van der Waals surface area contributed by atoms with Gasteiger partial charge in [-0.05, 0) is 32.8 Å². The van der Waals surface area contributed by atoms with Gasteiger partial charge in [0.05, 0.1) is 24.4 Å². The van der Waals surface area contributed by atoms with Gasteiger partial charge in [0.2, 0.25) is 5.76 Å².